The molecule has 1 aromatic heterocycles. The molecule has 1 heterocycles. The van der Waals surface area contributed by atoms with Gasteiger partial charge < -0.3 is 10.1 Å². The highest BCUT2D eigenvalue weighted by Crippen LogP contribution is 2.16. The summed E-state index contributed by atoms with van der Waals surface area (Å²) in [6.07, 6.45) is 0. The lowest BCUT2D eigenvalue weighted by Crippen LogP contribution is -2.05. The summed E-state index contributed by atoms with van der Waals surface area (Å²) in [6, 6.07) is 10.4. The fourth-order valence-electron chi connectivity index (χ4n) is 1.92. The third-order valence-corrected chi connectivity index (χ3v) is 3.14. The number of nitrogens with one attached hydrogen (secondary N) is 1. The molecule has 4 heteroatoms. The summed E-state index contributed by atoms with van der Waals surface area (Å²) in [5.74, 6) is 1.73. The van der Waals surface area contributed by atoms with Gasteiger partial charge in [0.2, 0.25) is 11.8 Å². The van der Waals surface area contributed by atoms with Crippen molar-refractivity contribution in [1.29, 1.82) is 0 Å². The van der Waals surface area contributed by atoms with Crippen molar-refractivity contribution in [1.82, 2.24) is 9.97 Å². The van der Waals surface area contributed by atoms with Crippen LogP contribution in [0.2, 0.25) is 0 Å². The first-order valence-corrected chi connectivity index (χ1v) is 6.81. The van der Waals surface area contributed by atoms with E-state index in [1.807, 2.05) is 13.0 Å². The smallest absolute Gasteiger partial charge is 0.226 e. The maximum absolute atomic E-state index is 5.14. The topological polar surface area (TPSA) is 47.0 Å². The zero-order valence-electron chi connectivity index (χ0n) is 12.5. The van der Waals surface area contributed by atoms with E-state index >= 15 is 0 Å². The Kier molecular flexibility index (Phi) is 4.56. The highest BCUT2D eigenvalue weighted by Gasteiger charge is 2.03. The zero-order valence-corrected chi connectivity index (χ0v) is 12.5. The van der Waals surface area contributed by atoms with E-state index in [-0.39, 0.29) is 0 Å². The van der Waals surface area contributed by atoms with Crippen LogP contribution in [0.4, 0.5) is 5.95 Å². The van der Waals surface area contributed by atoms with Crippen LogP contribution in [-0.4, -0.2) is 17.1 Å². The molecule has 0 radical (unpaired) electrons. The standard InChI is InChI=1S/C16H21N3O/c1-11(2)14-7-5-13(6-8-14)10-17-16-18-12(3)9-15(19-16)20-4/h5-9,11H,10H2,1-4H3,(H,17,18,19). The average molecular weight is 271 g/mol. The van der Waals surface area contributed by atoms with Gasteiger partial charge in [0.15, 0.2) is 0 Å². The molecule has 106 valence electrons. The van der Waals surface area contributed by atoms with Crippen LogP contribution in [0.25, 0.3) is 0 Å². The number of methoxy groups -OCH3 is 1. The fraction of sp³-hybridized carbons (Fsp3) is 0.375. The van der Waals surface area contributed by atoms with Gasteiger partial charge in [0.1, 0.15) is 0 Å². The van der Waals surface area contributed by atoms with Gasteiger partial charge in [-0.3, -0.25) is 0 Å². The molecule has 2 rings (SSSR count). The first-order valence-electron chi connectivity index (χ1n) is 6.81. The largest absolute Gasteiger partial charge is 0.481 e. The Morgan fingerprint density at radius 3 is 2.45 bits per heavy atom. The van der Waals surface area contributed by atoms with Crippen LogP contribution in [0.15, 0.2) is 30.3 Å². The van der Waals surface area contributed by atoms with E-state index in [0.29, 0.717) is 24.3 Å². The van der Waals surface area contributed by atoms with E-state index in [1.165, 1.54) is 11.1 Å². The zero-order chi connectivity index (χ0) is 14.5. The van der Waals surface area contributed by atoms with Gasteiger partial charge in [-0.05, 0) is 24.0 Å². The summed E-state index contributed by atoms with van der Waals surface area (Å²) in [5.41, 5.74) is 3.44. The van der Waals surface area contributed by atoms with E-state index in [0.717, 1.165) is 5.69 Å². The Morgan fingerprint density at radius 2 is 1.85 bits per heavy atom. The summed E-state index contributed by atoms with van der Waals surface area (Å²) in [4.78, 5) is 8.61. The van der Waals surface area contributed by atoms with Crippen molar-refractivity contribution < 1.29 is 4.74 Å². The number of nitrogens with zero attached hydrogens (tertiary/aromatic N) is 2. The molecule has 0 bridgehead atoms. The number of anilines is 1. The SMILES string of the molecule is COc1cc(C)nc(NCc2ccc(C(C)C)cc2)n1. The molecule has 0 saturated heterocycles. The highest BCUT2D eigenvalue weighted by atomic mass is 16.5. The van der Waals surface area contributed by atoms with Gasteiger partial charge in [-0.1, -0.05) is 38.1 Å². The van der Waals surface area contributed by atoms with Crippen molar-refractivity contribution >= 4 is 5.95 Å². The van der Waals surface area contributed by atoms with Gasteiger partial charge in [0.25, 0.3) is 0 Å². The molecule has 2 aromatic rings. The summed E-state index contributed by atoms with van der Waals surface area (Å²) >= 11 is 0. The van der Waals surface area contributed by atoms with Crippen LogP contribution >= 0.6 is 0 Å². The second kappa shape index (κ2) is 6.37. The van der Waals surface area contributed by atoms with E-state index in [9.17, 15) is 0 Å². The Balaban J connectivity index is 2.03. The lowest BCUT2D eigenvalue weighted by Gasteiger charge is -2.09. The Labute approximate surface area is 120 Å². The quantitative estimate of drug-likeness (QED) is 0.903. The Bertz CT molecular complexity index is 564. The van der Waals surface area contributed by atoms with Gasteiger partial charge in [-0.15, -0.1) is 0 Å². The molecule has 0 aliphatic rings. The predicted octanol–water partition coefficient (Wildman–Crippen LogP) is 3.53. The molecule has 1 N–H and O–H groups in total. The molecule has 1 aromatic carbocycles. The number of hydrogen-bond donors (Lipinski definition) is 1. The second-order valence-corrected chi connectivity index (χ2v) is 5.13. The number of hydrogen-bond acceptors (Lipinski definition) is 4. The Hall–Kier alpha value is -2.10. The summed E-state index contributed by atoms with van der Waals surface area (Å²) < 4.78 is 5.14. The minimum Gasteiger partial charge on any atom is -0.481 e. The normalized spacial score (nSPS) is 10.7. The third-order valence-electron chi connectivity index (χ3n) is 3.14. The number of rotatable bonds is 5. The first kappa shape index (κ1) is 14.3. The van der Waals surface area contributed by atoms with E-state index in [1.54, 1.807) is 7.11 Å². The number of aromatic nitrogens is 2. The average Bonchev–Trinajstić information content (AvgIpc) is 2.45. The van der Waals surface area contributed by atoms with Gasteiger partial charge in [-0.2, -0.15) is 4.98 Å². The summed E-state index contributed by atoms with van der Waals surface area (Å²) in [7, 11) is 1.61. The van der Waals surface area contributed by atoms with Crippen LogP contribution in [-0.2, 0) is 6.54 Å². The van der Waals surface area contributed by atoms with Crippen molar-refractivity contribution in [2.75, 3.05) is 12.4 Å². The van der Waals surface area contributed by atoms with Crippen molar-refractivity contribution in [3.8, 4) is 5.88 Å². The molecule has 0 aliphatic heterocycles. The minimum absolute atomic E-state index is 0.557. The van der Waals surface area contributed by atoms with Crippen LogP contribution in [0, 0.1) is 6.92 Å². The van der Waals surface area contributed by atoms with Gasteiger partial charge >= 0.3 is 0 Å². The lowest BCUT2D eigenvalue weighted by molar-refractivity contribution is 0.397. The van der Waals surface area contributed by atoms with Crippen LogP contribution in [0.3, 0.4) is 0 Å². The molecular weight excluding hydrogens is 250 g/mol. The van der Waals surface area contributed by atoms with E-state index in [4.69, 9.17) is 4.74 Å². The third kappa shape index (κ3) is 3.70. The number of benzene rings is 1. The molecule has 0 spiro atoms. The van der Waals surface area contributed by atoms with Crippen LogP contribution in [0.1, 0.15) is 36.6 Å². The first-order chi connectivity index (χ1) is 9.58. The molecule has 0 aliphatic carbocycles. The maximum atomic E-state index is 5.14. The van der Waals surface area contributed by atoms with E-state index < -0.39 is 0 Å². The number of aryl methyl sites for hydroxylation is 1. The molecule has 0 atom stereocenters. The molecule has 0 fully saturated rings. The molecule has 0 unspecified atom stereocenters. The van der Waals surface area contributed by atoms with E-state index in [2.05, 4.69) is 53.4 Å². The van der Waals surface area contributed by atoms with Gasteiger partial charge in [0.05, 0.1) is 7.11 Å². The van der Waals surface area contributed by atoms with Crippen LogP contribution in [0.5, 0.6) is 5.88 Å². The van der Waals surface area contributed by atoms with Crippen molar-refractivity contribution in [2.24, 2.45) is 0 Å². The second-order valence-electron chi connectivity index (χ2n) is 5.13. The summed E-state index contributed by atoms with van der Waals surface area (Å²) in [5, 5.41) is 3.22. The monoisotopic (exact) mass is 271 g/mol. The van der Waals surface area contributed by atoms with Gasteiger partial charge in [0, 0.05) is 18.3 Å². The molecule has 0 amide bonds. The van der Waals surface area contributed by atoms with Crippen molar-refractivity contribution in [3.63, 3.8) is 0 Å². The minimum atomic E-state index is 0.557. The van der Waals surface area contributed by atoms with Crippen molar-refractivity contribution in [2.45, 2.75) is 33.2 Å². The van der Waals surface area contributed by atoms with Crippen molar-refractivity contribution in [3.05, 3.63) is 47.2 Å². The molecule has 4 nitrogen and oxygen atoms in total. The number of ether oxygens (including phenoxy) is 1. The fourth-order valence-corrected chi connectivity index (χ4v) is 1.92. The molecular formula is C16H21N3O. The van der Waals surface area contributed by atoms with Gasteiger partial charge in [-0.25, -0.2) is 4.98 Å². The lowest BCUT2D eigenvalue weighted by atomic mass is 10.0. The van der Waals surface area contributed by atoms with Crippen LogP contribution < -0.4 is 10.1 Å². The predicted molar refractivity (Wildman–Crippen MR) is 81.2 cm³/mol. The Morgan fingerprint density at radius 1 is 1.15 bits per heavy atom. The summed E-state index contributed by atoms with van der Waals surface area (Å²) in [6.45, 7) is 7.01. The maximum Gasteiger partial charge on any atom is 0.226 e. The molecule has 20 heavy (non-hydrogen) atoms. The molecule has 0 saturated carbocycles. The highest BCUT2D eigenvalue weighted by molar-refractivity contribution is 5.33.